The molecule has 0 aromatic heterocycles. The van der Waals surface area contributed by atoms with E-state index in [0.717, 1.165) is 11.0 Å². The Morgan fingerprint density at radius 2 is 1.82 bits per heavy atom. The summed E-state index contributed by atoms with van der Waals surface area (Å²) in [6.45, 7) is 8.08. The highest BCUT2D eigenvalue weighted by molar-refractivity contribution is 9.10. The molecule has 0 saturated carbocycles. The van der Waals surface area contributed by atoms with Gasteiger partial charge in [0, 0.05) is 23.1 Å². The molecule has 1 unspecified atom stereocenters. The molecule has 4 heteroatoms. The van der Waals surface area contributed by atoms with Gasteiger partial charge in [-0.25, -0.2) is 0 Å². The number of benzene rings is 1. The summed E-state index contributed by atoms with van der Waals surface area (Å²) in [4.78, 5) is 0. The monoisotopic (exact) mass is 320 g/mol. The second-order valence-corrected chi connectivity index (χ2v) is 5.67. The summed E-state index contributed by atoms with van der Waals surface area (Å²) in [5, 5.41) is 3.54. The third kappa shape index (κ3) is 4.96. The fourth-order valence-electron chi connectivity index (χ4n) is 1.42. The number of hydrogen-bond acceptors (Lipinski definition) is 2. The van der Waals surface area contributed by atoms with E-state index in [1.165, 1.54) is 5.56 Å². The van der Waals surface area contributed by atoms with Crippen molar-refractivity contribution in [1.29, 1.82) is 0 Å². The lowest BCUT2D eigenvalue weighted by atomic mass is 9.88. The summed E-state index contributed by atoms with van der Waals surface area (Å²) in [6.07, 6.45) is 0. The summed E-state index contributed by atoms with van der Waals surface area (Å²) in [7, 11) is 0. The van der Waals surface area contributed by atoms with Crippen LogP contribution in [-0.2, 0) is 6.54 Å². The Kier molecular flexibility index (Phi) is 7.33. The molecule has 0 saturated heterocycles. The molecule has 0 aliphatic rings. The molecule has 0 fully saturated rings. The average Bonchev–Trinajstić information content (AvgIpc) is 2.27. The van der Waals surface area contributed by atoms with Crippen molar-refractivity contribution in [3.8, 4) is 0 Å². The molecular formula is C13H22BrClN2. The molecule has 1 rings (SSSR count). The summed E-state index contributed by atoms with van der Waals surface area (Å²) in [5.74, 6) is 0.521. The Bertz CT molecular complexity index is 327. The third-order valence-corrected chi connectivity index (χ3v) is 3.84. The van der Waals surface area contributed by atoms with Gasteiger partial charge in [0.15, 0.2) is 0 Å². The second-order valence-electron chi connectivity index (χ2n) is 4.76. The molecule has 2 nitrogen and oxygen atoms in total. The first kappa shape index (κ1) is 16.9. The van der Waals surface area contributed by atoms with Crippen LogP contribution in [0.2, 0.25) is 0 Å². The first-order valence-corrected chi connectivity index (χ1v) is 6.47. The zero-order chi connectivity index (χ0) is 12.2. The fraction of sp³-hybridized carbons (Fsp3) is 0.538. The van der Waals surface area contributed by atoms with Crippen molar-refractivity contribution in [2.75, 3.05) is 6.54 Å². The van der Waals surface area contributed by atoms with Crippen molar-refractivity contribution in [1.82, 2.24) is 5.32 Å². The maximum absolute atomic E-state index is 5.83. The van der Waals surface area contributed by atoms with Crippen molar-refractivity contribution in [2.45, 2.75) is 32.9 Å². The molecule has 17 heavy (non-hydrogen) atoms. The minimum atomic E-state index is 0. The van der Waals surface area contributed by atoms with Crippen LogP contribution in [0.25, 0.3) is 0 Å². The van der Waals surface area contributed by atoms with Gasteiger partial charge in [-0.2, -0.15) is 0 Å². The van der Waals surface area contributed by atoms with Crippen molar-refractivity contribution in [3.63, 3.8) is 0 Å². The van der Waals surface area contributed by atoms with Gasteiger partial charge < -0.3 is 11.1 Å². The van der Waals surface area contributed by atoms with Gasteiger partial charge in [0.25, 0.3) is 0 Å². The first-order valence-electron chi connectivity index (χ1n) is 5.67. The molecule has 3 N–H and O–H groups in total. The van der Waals surface area contributed by atoms with Gasteiger partial charge in [0.05, 0.1) is 0 Å². The fourth-order valence-corrected chi connectivity index (χ4v) is 1.68. The van der Waals surface area contributed by atoms with Crippen molar-refractivity contribution in [3.05, 3.63) is 34.3 Å². The van der Waals surface area contributed by atoms with Crippen LogP contribution in [0.1, 0.15) is 26.3 Å². The Hall–Kier alpha value is -0.0900. The SMILES string of the molecule is CC(C)C(C)(CN)NCc1ccc(Br)cc1.Cl. The second kappa shape index (κ2) is 7.37. The van der Waals surface area contributed by atoms with E-state index in [1.54, 1.807) is 0 Å². The van der Waals surface area contributed by atoms with E-state index in [1.807, 2.05) is 0 Å². The quantitative estimate of drug-likeness (QED) is 0.873. The van der Waals surface area contributed by atoms with Gasteiger partial charge in [-0.15, -0.1) is 12.4 Å². The molecule has 0 spiro atoms. The maximum Gasteiger partial charge on any atom is 0.0301 e. The van der Waals surface area contributed by atoms with E-state index in [9.17, 15) is 0 Å². The highest BCUT2D eigenvalue weighted by atomic mass is 79.9. The number of hydrogen-bond donors (Lipinski definition) is 2. The first-order chi connectivity index (χ1) is 7.48. The predicted octanol–water partition coefficient (Wildman–Crippen LogP) is 3.33. The molecule has 1 atom stereocenters. The number of rotatable bonds is 5. The molecular weight excluding hydrogens is 300 g/mol. The van der Waals surface area contributed by atoms with E-state index >= 15 is 0 Å². The molecule has 0 aliphatic carbocycles. The molecule has 98 valence electrons. The molecule has 0 radical (unpaired) electrons. The number of nitrogens with one attached hydrogen (secondary N) is 1. The van der Waals surface area contributed by atoms with Gasteiger partial charge >= 0.3 is 0 Å². The van der Waals surface area contributed by atoms with Crippen LogP contribution in [0, 0.1) is 5.92 Å². The van der Waals surface area contributed by atoms with Crippen LogP contribution in [-0.4, -0.2) is 12.1 Å². The van der Waals surface area contributed by atoms with Crippen molar-refractivity contribution in [2.24, 2.45) is 11.7 Å². The lowest BCUT2D eigenvalue weighted by molar-refractivity contribution is 0.267. The van der Waals surface area contributed by atoms with E-state index < -0.39 is 0 Å². The molecule has 0 amide bonds. The highest BCUT2D eigenvalue weighted by Crippen LogP contribution is 2.16. The van der Waals surface area contributed by atoms with Gasteiger partial charge in [0.2, 0.25) is 0 Å². The standard InChI is InChI=1S/C13H21BrN2.ClH/c1-10(2)13(3,9-15)16-8-11-4-6-12(14)7-5-11;/h4-7,10,16H,8-9,15H2,1-3H3;1H. The lowest BCUT2D eigenvalue weighted by Gasteiger charge is -2.33. The van der Waals surface area contributed by atoms with Crippen LogP contribution in [0.4, 0.5) is 0 Å². The van der Waals surface area contributed by atoms with Crippen molar-refractivity contribution >= 4 is 28.3 Å². The summed E-state index contributed by atoms with van der Waals surface area (Å²) in [6, 6.07) is 8.36. The Labute approximate surface area is 119 Å². The maximum atomic E-state index is 5.83. The average molecular weight is 322 g/mol. The van der Waals surface area contributed by atoms with Gasteiger partial charge in [-0.3, -0.25) is 0 Å². The van der Waals surface area contributed by atoms with Crippen LogP contribution in [0.5, 0.6) is 0 Å². The van der Waals surface area contributed by atoms with Crippen LogP contribution < -0.4 is 11.1 Å². The van der Waals surface area contributed by atoms with Gasteiger partial charge in [-0.05, 0) is 30.5 Å². The van der Waals surface area contributed by atoms with Crippen LogP contribution >= 0.6 is 28.3 Å². The van der Waals surface area contributed by atoms with Crippen LogP contribution in [0.3, 0.4) is 0 Å². The van der Waals surface area contributed by atoms with E-state index in [-0.39, 0.29) is 17.9 Å². The van der Waals surface area contributed by atoms with Gasteiger partial charge in [-0.1, -0.05) is 41.9 Å². The van der Waals surface area contributed by atoms with Crippen LogP contribution in [0.15, 0.2) is 28.7 Å². The predicted molar refractivity (Wildman–Crippen MR) is 80.5 cm³/mol. The minimum Gasteiger partial charge on any atom is -0.329 e. The lowest BCUT2D eigenvalue weighted by Crippen LogP contribution is -2.52. The largest absolute Gasteiger partial charge is 0.329 e. The van der Waals surface area contributed by atoms with Gasteiger partial charge in [0.1, 0.15) is 0 Å². The Balaban J connectivity index is 0.00000256. The molecule has 1 aromatic carbocycles. The zero-order valence-electron chi connectivity index (χ0n) is 10.7. The normalized spacial score (nSPS) is 14.2. The molecule has 0 bridgehead atoms. The zero-order valence-corrected chi connectivity index (χ0v) is 13.1. The van der Waals surface area contributed by atoms with E-state index in [2.05, 4.69) is 66.3 Å². The summed E-state index contributed by atoms with van der Waals surface area (Å²) < 4.78 is 1.11. The number of nitrogens with two attached hydrogens (primary N) is 1. The molecule has 0 heterocycles. The molecule has 0 aliphatic heterocycles. The molecule has 1 aromatic rings. The van der Waals surface area contributed by atoms with E-state index in [0.29, 0.717) is 12.5 Å². The summed E-state index contributed by atoms with van der Waals surface area (Å²) >= 11 is 3.43. The van der Waals surface area contributed by atoms with Crippen molar-refractivity contribution < 1.29 is 0 Å². The third-order valence-electron chi connectivity index (χ3n) is 3.31. The highest BCUT2D eigenvalue weighted by Gasteiger charge is 2.25. The minimum absolute atomic E-state index is 0. The van der Waals surface area contributed by atoms with E-state index in [4.69, 9.17) is 5.73 Å². The number of halogens is 2. The summed E-state index contributed by atoms with van der Waals surface area (Å²) in [5.41, 5.74) is 7.11. The smallest absolute Gasteiger partial charge is 0.0301 e. The Morgan fingerprint density at radius 3 is 2.24 bits per heavy atom. The topological polar surface area (TPSA) is 38.0 Å². The Morgan fingerprint density at radius 1 is 1.29 bits per heavy atom.